The minimum absolute atomic E-state index is 0.0510. The van der Waals surface area contributed by atoms with Crippen LogP contribution in [0.1, 0.15) is 40.5 Å². The van der Waals surface area contributed by atoms with Gasteiger partial charge in [-0.15, -0.1) is 0 Å². The lowest BCUT2D eigenvalue weighted by Gasteiger charge is -2.33. The summed E-state index contributed by atoms with van der Waals surface area (Å²) in [5.74, 6) is 0.146. The van der Waals surface area contributed by atoms with Gasteiger partial charge in [-0.1, -0.05) is 0 Å². The summed E-state index contributed by atoms with van der Waals surface area (Å²) in [5, 5.41) is 8.86. The van der Waals surface area contributed by atoms with Crippen molar-refractivity contribution in [2.45, 2.75) is 25.9 Å². The maximum atomic E-state index is 11.9. The fourth-order valence-corrected chi connectivity index (χ4v) is 3.40. The first-order chi connectivity index (χ1) is 14.0. The first-order valence-electron chi connectivity index (χ1n) is 9.68. The van der Waals surface area contributed by atoms with Crippen LogP contribution in [0, 0.1) is 0 Å². The summed E-state index contributed by atoms with van der Waals surface area (Å²) >= 11 is 0. The fourth-order valence-electron chi connectivity index (χ4n) is 3.40. The van der Waals surface area contributed by atoms with Gasteiger partial charge in [-0.3, -0.25) is 9.59 Å². The molecule has 0 spiro atoms. The Morgan fingerprint density at radius 1 is 1.14 bits per heavy atom. The maximum absolute atomic E-state index is 11.9. The van der Waals surface area contributed by atoms with Gasteiger partial charge in [-0.25, -0.2) is 0 Å². The Balaban J connectivity index is 1.68. The lowest BCUT2D eigenvalue weighted by atomic mass is 10.1. The summed E-state index contributed by atoms with van der Waals surface area (Å²) < 4.78 is 11.5. The van der Waals surface area contributed by atoms with Crippen molar-refractivity contribution >= 4 is 17.4 Å². The largest absolute Gasteiger partial charge is 0.457 e. The number of hydrogen-bond acceptors (Lipinski definition) is 6. The molecule has 7 heteroatoms. The molecule has 1 aliphatic rings. The predicted molar refractivity (Wildman–Crippen MR) is 110 cm³/mol. The molecule has 3 N–H and O–H groups in total. The highest BCUT2D eigenvalue weighted by Gasteiger charge is 2.20. The van der Waals surface area contributed by atoms with Gasteiger partial charge in [0.1, 0.15) is 11.5 Å². The zero-order chi connectivity index (χ0) is 20.8. The average molecular weight is 398 g/mol. The number of anilines is 1. The topological polar surface area (TPSA) is 102 Å². The van der Waals surface area contributed by atoms with Crippen molar-refractivity contribution in [3.05, 3.63) is 53.6 Å². The number of nitrogens with two attached hydrogens (primary N) is 1. The van der Waals surface area contributed by atoms with Crippen LogP contribution in [0.4, 0.5) is 5.69 Å². The van der Waals surface area contributed by atoms with Crippen LogP contribution in [0.25, 0.3) is 0 Å². The van der Waals surface area contributed by atoms with Gasteiger partial charge in [-0.05, 0) is 62.2 Å². The third kappa shape index (κ3) is 5.34. The number of carbonyl (C=O) groups is 2. The number of primary amides is 1. The molecule has 1 heterocycles. The average Bonchev–Trinajstić information content (AvgIpc) is 2.73. The van der Waals surface area contributed by atoms with Crippen LogP contribution in [0.2, 0.25) is 0 Å². The molecular formula is C22H26N2O5. The molecule has 0 atom stereocenters. The van der Waals surface area contributed by atoms with Crippen LogP contribution < -0.4 is 15.4 Å². The lowest BCUT2D eigenvalue weighted by molar-refractivity contribution is 0.0159. The molecule has 29 heavy (non-hydrogen) atoms. The highest BCUT2D eigenvalue weighted by molar-refractivity contribution is 5.99. The number of ketones is 1. The third-order valence-corrected chi connectivity index (χ3v) is 4.96. The van der Waals surface area contributed by atoms with Gasteiger partial charge in [0.15, 0.2) is 5.78 Å². The van der Waals surface area contributed by atoms with Crippen molar-refractivity contribution in [1.29, 1.82) is 0 Å². The highest BCUT2D eigenvalue weighted by Crippen LogP contribution is 2.29. The van der Waals surface area contributed by atoms with E-state index in [1.807, 2.05) is 24.3 Å². The molecule has 0 saturated carbocycles. The minimum atomic E-state index is -0.577. The predicted octanol–water partition coefficient (Wildman–Crippen LogP) is 2.76. The van der Waals surface area contributed by atoms with Gasteiger partial charge in [0.25, 0.3) is 0 Å². The van der Waals surface area contributed by atoms with Crippen molar-refractivity contribution < 1.29 is 24.2 Å². The van der Waals surface area contributed by atoms with Crippen LogP contribution in [0.5, 0.6) is 11.5 Å². The number of carbonyl (C=O) groups excluding carboxylic acids is 2. The number of nitrogens with zero attached hydrogens (tertiary/aromatic N) is 1. The molecule has 7 nitrogen and oxygen atoms in total. The molecule has 1 saturated heterocycles. The van der Waals surface area contributed by atoms with E-state index in [1.54, 1.807) is 6.07 Å². The number of amides is 1. The number of benzene rings is 2. The molecule has 0 aromatic heterocycles. The standard InChI is InChI=1S/C22H26N2O5/c1-15(26)20-7-2-16(22(23)27)14-21(20)29-19-5-3-17(4-6-19)24-10-8-18(9-11-24)28-13-12-25/h2-7,14,18,25H,8-13H2,1H3,(H2,23,27). The zero-order valence-corrected chi connectivity index (χ0v) is 16.5. The Hall–Kier alpha value is -2.90. The molecular weight excluding hydrogens is 372 g/mol. The second-order valence-corrected chi connectivity index (χ2v) is 7.01. The summed E-state index contributed by atoms with van der Waals surface area (Å²) in [4.78, 5) is 25.6. The summed E-state index contributed by atoms with van der Waals surface area (Å²) in [6.45, 7) is 3.64. The number of ether oxygens (including phenoxy) is 2. The second-order valence-electron chi connectivity index (χ2n) is 7.01. The van der Waals surface area contributed by atoms with Crippen LogP contribution in [-0.2, 0) is 4.74 Å². The quantitative estimate of drug-likeness (QED) is 0.663. The molecule has 0 radical (unpaired) electrons. The van der Waals surface area contributed by atoms with Gasteiger partial charge < -0.3 is 25.2 Å². The molecule has 3 rings (SSSR count). The number of Topliss-reactive ketones (excluding diaryl/α,β-unsaturated/α-hetero) is 1. The Kier molecular flexibility index (Phi) is 6.85. The van der Waals surface area contributed by atoms with Gasteiger partial charge in [-0.2, -0.15) is 0 Å². The number of rotatable bonds is 8. The number of aliphatic hydroxyl groups excluding tert-OH is 1. The van der Waals surface area contributed by atoms with Gasteiger partial charge in [0.05, 0.1) is 24.9 Å². The normalized spacial score (nSPS) is 14.6. The van der Waals surface area contributed by atoms with Crippen molar-refractivity contribution in [3.63, 3.8) is 0 Å². The van der Waals surface area contributed by atoms with E-state index in [4.69, 9.17) is 20.3 Å². The van der Waals surface area contributed by atoms with E-state index in [0.717, 1.165) is 31.6 Å². The van der Waals surface area contributed by atoms with Crippen LogP contribution in [0.3, 0.4) is 0 Å². The van der Waals surface area contributed by atoms with E-state index in [0.29, 0.717) is 23.7 Å². The van der Waals surface area contributed by atoms with Crippen molar-refractivity contribution in [3.8, 4) is 11.5 Å². The minimum Gasteiger partial charge on any atom is -0.457 e. The van der Waals surface area contributed by atoms with Crippen LogP contribution >= 0.6 is 0 Å². The van der Waals surface area contributed by atoms with E-state index in [9.17, 15) is 9.59 Å². The second kappa shape index (κ2) is 9.54. The molecule has 2 aromatic carbocycles. The molecule has 154 valence electrons. The van der Waals surface area contributed by atoms with Crippen molar-refractivity contribution in [1.82, 2.24) is 0 Å². The molecule has 1 fully saturated rings. The number of aliphatic hydroxyl groups is 1. The molecule has 0 bridgehead atoms. The van der Waals surface area contributed by atoms with Crippen LogP contribution in [0.15, 0.2) is 42.5 Å². The van der Waals surface area contributed by atoms with E-state index in [2.05, 4.69) is 4.90 Å². The fraction of sp³-hybridized carbons (Fsp3) is 0.364. The SMILES string of the molecule is CC(=O)c1ccc(C(N)=O)cc1Oc1ccc(N2CCC(OCCO)CC2)cc1. The third-order valence-electron chi connectivity index (χ3n) is 4.96. The Morgan fingerprint density at radius 3 is 2.41 bits per heavy atom. The Bertz CT molecular complexity index is 858. The first kappa shape index (κ1) is 20.8. The number of piperidine rings is 1. The monoisotopic (exact) mass is 398 g/mol. The maximum Gasteiger partial charge on any atom is 0.248 e. The van der Waals surface area contributed by atoms with Gasteiger partial charge >= 0.3 is 0 Å². The summed E-state index contributed by atoms with van der Waals surface area (Å²) in [6, 6.07) is 12.2. The summed E-state index contributed by atoms with van der Waals surface area (Å²) in [5.41, 5.74) is 7.09. The van der Waals surface area contributed by atoms with Gasteiger partial charge in [0, 0.05) is 24.3 Å². The van der Waals surface area contributed by atoms with Gasteiger partial charge in [0.2, 0.25) is 5.91 Å². The molecule has 2 aromatic rings. The van der Waals surface area contributed by atoms with E-state index < -0.39 is 5.91 Å². The van der Waals surface area contributed by atoms with Crippen LogP contribution in [-0.4, -0.2) is 49.2 Å². The Labute approximate surface area is 170 Å². The zero-order valence-electron chi connectivity index (χ0n) is 16.5. The smallest absolute Gasteiger partial charge is 0.248 e. The van der Waals surface area contributed by atoms with Crippen molar-refractivity contribution in [2.24, 2.45) is 5.73 Å². The summed E-state index contributed by atoms with van der Waals surface area (Å²) in [7, 11) is 0. The van der Waals surface area contributed by atoms with Crippen molar-refractivity contribution in [2.75, 3.05) is 31.2 Å². The molecule has 0 aliphatic carbocycles. The molecule has 1 amide bonds. The first-order valence-corrected chi connectivity index (χ1v) is 9.68. The number of hydrogen-bond donors (Lipinski definition) is 2. The summed E-state index contributed by atoms with van der Waals surface area (Å²) in [6.07, 6.45) is 2.03. The molecule has 0 unspecified atom stereocenters. The Morgan fingerprint density at radius 2 is 1.83 bits per heavy atom. The van der Waals surface area contributed by atoms with E-state index in [1.165, 1.54) is 19.1 Å². The lowest BCUT2D eigenvalue weighted by Crippen LogP contribution is -2.37. The van der Waals surface area contributed by atoms with E-state index in [-0.39, 0.29) is 24.1 Å². The highest BCUT2D eigenvalue weighted by atomic mass is 16.5. The van der Waals surface area contributed by atoms with E-state index >= 15 is 0 Å². The molecule has 1 aliphatic heterocycles.